The molecule has 1 aromatic carbocycles. The second-order valence-corrected chi connectivity index (χ2v) is 5.15. The fraction of sp³-hybridized carbons (Fsp3) is 0.294. The highest BCUT2D eigenvalue weighted by Gasteiger charge is 2.10. The van der Waals surface area contributed by atoms with E-state index in [4.69, 9.17) is 0 Å². The van der Waals surface area contributed by atoms with Crippen LogP contribution < -0.4 is 10.6 Å². The second kappa shape index (κ2) is 8.22. The second-order valence-electron chi connectivity index (χ2n) is 5.15. The maximum absolute atomic E-state index is 13.1. The minimum absolute atomic E-state index is 0.0347. The van der Waals surface area contributed by atoms with E-state index in [-0.39, 0.29) is 5.56 Å². The summed E-state index contributed by atoms with van der Waals surface area (Å²) in [5.74, 6) is -2.24. The third kappa shape index (κ3) is 5.02. The quantitative estimate of drug-likeness (QED) is 0.752. The topological polar surface area (TPSA) is 54.0 Å². The van der Waals surface area contributed by atoms with Gasteiger partial charge >= 0.3 is 0 Å². The number of hydrogen-bond donors (Lipinski definition) is 2. The van der Waals surface area contributed by atoms with Gasteiger partial charge in [-0.05, 0) is 36.8 Å². The van der Waals surface area contributed by atoms with Crippen molar-refractivity contribution in [3.8, 4) is 0 Å². The van der Waals surface area contributed by atoms with Crippen molar-refractivity contribution in [2.45, 2.75) is 26.2 Å². The number of carbonyl (C=O) groups excluding carboxylic acids is 1. The molecule has 0 spiro atoms. The first kappa shape index (κ1) is 16.9. The van der Waals surface area contributed by atoms with Crippen LogP contribution in [0.5, 0.6) is 0 Å². The fourth-order valence-electron chi connectivity index (χ4n) is 2.01. The predicted octanol–water partition coefficient (Wildman–Crippen LogP) is 4.21. The smallest absolute Gasteiger partial charge is 0.256 e. The Morgan fingerprint density at radius 1 is 1.13 bits per heavy atom. The highest BCUT2D eigenvalue weighted by Crippen LogP contribution is 2.13. The highest BCUT2D eigenvalue weighted by atomic mass is 19.2. The number of halogens is 2. The third-order valence-corrected chi connectivity index (χ3v) is 3.30. The summed E-state index contributed by atoms with van der Waals surface area (Å²) >= 11 is 0. The van der Waals surface area contributed by atoms with Crippen LogP contribution in [0.25, 0.3) is 0 Å². The number of hydrogen-bond acceptors (Lipinski definition) is 3. The molecule has 0 fully saturated rings. The highest BCUT2D eigenvalue weighted by molar-refractivity contribution is 6.03. The summed E-state index contributed by atoms with van der Waals surface area (Å²) in [6, 6.07) is 6.45. The van der Waals surface area contributed by atoms with Crippen LogP contribution in [0.4, 0.5) is 20.3 Å². The molecule has 0 saturated heterocycles. The average Bonchev–Trinajstić information content (AvgIpc) is 2.55. The lowest BCUT2D eigenvalue weighted by molar-refractivity contribution is 0.102. The molecule has 0 aliphatic heterocycles. The molecule has 0 saturated carbocycles. The molecule has 0 bridgehead atoms. The Balaban J connectivity index is 1.92. The van der Waals surface area contributed by atoms with E-state index in [0.29, 0.717) is 5.82 Å². The molecule has 122 valence electrons. The van der Waals surface area contributed by atoms with E-state index in [1.807, 2.05) is 0 Å². The minimum Gasteiger partial charge on any atom is -0.384 e. The average molecular weight is 319 g/mol. The summed E-state index contributed by atoms with van der Waals surface area (Å²) in [4.78, 5) is 16.1. The van der Waals surface area contributed by atoms with E-state index in [2.05, 4.69) is 22.5 Å². The standard InChI is InChI=1S/C17H19F2N3O/c1-2-3-4-9-20-13-6-8-16(21-11-13)22-17(23)12-5-7-14(18)15(19)10-12/h5-8,10-11,20H,2-4,9H2,1H3,(H,21,22,23). The fourth-order valence-corrected chi connectivity index (χ4v) is 2.01. The Morgan fingerprint density at radius 2 is 1.96 bits per heavy atom. The van der Waals surface area contributed by atoms with Crippen LogP contribution in [0.1, 0.15) is 36.5 Å². The van der Waals surface area contributed by atoms with Crippen molar-refractivity contribution >= 4 is 17.4 Å². The lowest BCUT2D eigenvalue weighted by Crippen LogP contribution is -2.13. The number of anilines is 2. The molecule has 6 heteroatoms. The molecular formula is C17H19F2N3O. The molecule has 4 nitrogen and oxygen atoms in total. The zero-order valence-corrected chi connectivity index (χ0v) is 12.9. The summed E-state index contributed by atoms with van der Waals surface area (Å²) < 4.78 is 26.0. The van der Waals surface area contributed by atoms with Gasteiger partial charge in [-0.2, -0.15) is 0 Å². The number of pyridine rings is 1. The molecule has 2 aromatic rings. The van der Waals surface area contributed by atoms with Gasteiger partial charge in [-0.3, -0.25) is 4.79 Å². The zero-order chi connectivity index (χ0) is 16.7. The van der Waals surface area contributed by atoms with Crippen molar-refractivity contribution in [1.82, 2.24) is 4.98 Å². The number of nitrogens with one attached hydrogen (secondary N) is 2. The summed E-state index contributed by atoms with van der Waals surface area (Å²) in [6.45, 7) is 3.02. The number of benzene rings is 1. The molecule has 0 radical (unpaired) electrons. The Labute approximate surface area is 133 Å². The summed E-state index contributed by atoms with van der Waals surface area (Å²) in [7, 11) is 0. The first-order valence-corrected chi connectivity index (χ1v) is 7.56. The van der Waals surface area contributed by atoms with Crippen molar-refractivity contribution in [2.75, 3.05) is 17.2 Å². The maximum Gasteiger partial charge on any atom is 0.256 e. The monoisotopic (exact) mass is 319 g/mol. The normalized spacial score (nSPS) is 10.4. The Kier molecular flexibility index (Phi) is 6.02. The van der Waals surface area contributed by atoms with Crippen molar-refractivity contribution < 1.29 is 13.6 Å². The number of aromatic nitrogens is 1. The summed E-state index contributed by atoms with van der Waals surface area (Å²) in [5, 5.41) is 5.78. The van der Waals surface area contributed by atoms with Gasteiger partial charge in [0, 0.05) is 12.1 Å². The summed E-state index contributed by atoms with van der Waals surface area (Å²) in [6.07, 6.45) is 5.04. The van der Waals surface area contributed by atoms with Crippen LogP contribution in [0.2, 0.25) is 0 Å². The number of nitrogens with zero attached hydrogens (tertiary/aromatic N) is 1. The van der Waals surface area contributed by atoms with Crippen molar-refractivity contribution in [1.29, 1.82) is 0 Å². The molecule has 1 heterocycles. The number of carbonyl (C=O) groups is 1. The zero-order valence-electron chi connectivity index (χ0n) is 12.9. The van der Waals surface area contributed by atoms with Gasteiger partial charge in [0.15, 0.2) is 11.6 Å². The van der Waals surface area contributed by atoms with E-state index in [0.717, 1.165) is 37.2 Å². The first-order valence-electron chi connectivity index (χ1n) is 7.56. The van der Waals surface area contributed by atoms with Crippen molar-refractivity contribution in [3.63, 3.8) is 0 Å². The van der Waals surface area contributed by atoms with Gasteiger partial charge in [-0.1, -0.05) is 19.8 Å². The molecule has 0 aliphatic rings. The number of amides is 1. The van der Waals surface area contributed by atoms with Crippen LogP contribution >= 0.6 is 0 Å². The van der Waals surface area contributed by atoms with Gasteiger partial charge in [0.1, 0.15) is 5.82 Å². The van der Waals surface area contributed by atoms with Gasteiger partial charge < -0.3 is 10.6 Å². The predicted molar refractivity (Wildman–Crippen MR) is 86.6 cm³/mol. The van der Waals surface area contributed by atoms with Crippen LogP contribution in [0, 0.1) is 11.6 Å². The van der Waals surface area contributed by atoms with Crippen LogP contribution in [0.15, 0.2) is 36.5 Å². The largest absolute Gasteiger partial charge is 0.384 e. The maximum atomic E-state index is 13.1. The molecule has 0 unspecified atom stereocenters. The molecule has 2 rings (SSSR count). The molecule has 23 heavy (non-hydrogen) atoms. The van der Waals surface area contributed by atoms with Crippen molar-refractivity contribution in [3.05, 3.63) is 53.7 Å². The van der Waals surface area contributed by atoms with E-state index >= 15 is 0 Å². The summed E-state index contributed by atoms with van der Waals surface area (Å²) in [5.41, 5.74) is 0.902. The first-order chi connectivity index (χ1) is 11.1. The van der Waals surface area contributed by atoms with E-state index in [1.165, 1.54) is 12.5 Å². The minimum atomic E-state index is -1.06. The van der Waals surface area contributed by atoms with Gasteiger partial charge in [0.2, 0.25) is 0 Å². The lowest BCUT2D eigenvalue weighted by atomic mass is 10.2. The Morgan fingerprint density at radius 3 is 2.61 bits per heavy atom. The molecular weight excluding hydrogens is 300 g/mol. The molecule has 0 aliphatic carbocycles. The van der Waals surface area contributed by atoms with E-state index in [1.54, 1.807) is 18.3 Å². The van der Waals surface area contributed by atoms with Crippen LogP contribution in [-0.2, 0) is 0 Å². The molecule has 1 amide bonds. The number of rotatable bonds is 7. The number of unbranched alkanes of at least 4 members (excludes halogenated alkanes) is 2. The third-order valence-electron chi connectivity index (χ3n) is 3.30. The van der Waals surface area contributed by atoms with E-state index < -0.39 is 17.5 Å². The molecule has 0 atom stereocenters. The SMILES string of the molecule is CCCCCNc1ccc(NC(=O)c2ccc(F)c(F)c2)nc1. The Bertz CT molecular complexity index is 659. The van der Waals surface area contributed by atoms with Crippen LogP contribution in [0.3, 0.4) is 0 Å². The van der Waals surface area contributed by atoms with E-state index in [9.17, 15) is 13.6 Å². The Hall–Kier alpha value is -2.50. The van der Waals surface area contributed by atoms with Crippen molar-refractivity contribution in [2.24, 2.45) is 0 Å². The van der Waals surface area contributed by atoms with Gasteiger partial charge in [-0.25, -0.2) is 13.8 Å². The van der Waals surface area contributed by atoms with Crippen LogP contribution in [-0.4, -0.2) is 17.4 Å². The lowest BCUT2D eigenvalue weighted by Gasteiger charge is -2.08. The van der Waals surface area contributed by atoms with Gasteiger partial charge in [0.25, 0.3) is 5.91 Å². The van der Waals surface area contributed by atoms with Gasteiger partial charge in [-0.15, -0.1) is 0 Å². The molecule has 1 aromatic heterocycles. The molecule has 2 N–H and O–H groups in total. The van der Waals surface area contributed by atoms with Gasteiger partial charge in [0.05, 0.1) is 11.9 Å².